The standard InChI is InChI=1S/C7H8N4O/c1-5-9-7(12-10-5)6-3-8-4-11(6)2/h3-4H,1-2H3. The van der Waals surface area contributed by atoms with Crippen LogP contribution in [0.4, 0.5) is 0 Å². The van der Waals surface area contributed by atoms with Crippen LogP contribution in [-0.4, -0.2) is 19.7 Å². The van der Waals surface area contributed by atoms with Crippen molar-refractivity contribution in [1.29, 1.82) is 0 Å². The van der Waals surface area contributed by atoms with Gasteiger partial charge >= 0.3 is 0 Å². The summed E-state index contributed by atoms with van der Waals surface area (Å²) in [5.41, 5.74) is 0.829. The molecule has 5 nitrogen and oxygen atoms in total. The lowest BCUT2D eigenvalue weighted by atomic mass is 10.5. The Morgan fingerprint density at radius 2 is 2.33 bits per heavy atom. The monoisotopic (exact) mass is 164 g/mol. The lowest BCUT2D eigenvalue weighted by Gasteiger charge is -1.92. The Morgan fingerprint density at radius 1 is 1.50 bits per heavy atom. The first-order chi connectivity index (χ1) is 5.77. The number of aromatic nitrogens is 4. The maximum atomic E-state index is 4.97. The predicted molar refractivity (Wildman–Crippen MR) is 41.2 cm³/mol. The SMILES string of the molecule is Cc1noc(-c2cncn2C)n1. The van der Waals surface area contributed by atoms with Gasteiger partial charge in [0.2, 0.25) is 0 Å². The molecular formula is C7H8N4O. The lowest BCUT2D eigenvalue weighted by Crippen LogP contribution is -1.88. The van der Waals surface area contributed by atoms with Gasteiger partial charge in [-0.3, -0.25) is 0 Å². The van der Waals surface area contributed by atoms with Gasteiger partial charge in [-0.1, -0.05) is 5.16 Å². The van der Waals surface area contributed by atoms with Crippen LogP contribution in [0.3, 0.4) is 0 Å². The Labute approximate surface area is 69.0 Å². The molecule has 0 saturated heterocycles. The molecule has 0 saturated carbocycles. The van der Waals surface area contributed by atoms with Gasteiger partial charge in [0.1, 0.15) is 5.69 Å². The van der Waals surface area contributed by atoms with Crippen LogP contribution in [0.15, 0.2) is 17.0 Å². The second-order valence-electron chi connectivity index (χ2n) is 2.54. The van der Waals surface area contributed by atoms with Gasteiger partial charge in [0.25, 0.3) is 5.89 Å². The van der Waals surface area contributed by atoms with Crippen molar-refractivity contribution in [2.24, 2.45) is 7.05 Å². The van der Waals surface area contributed by atoms with Crippen molar-refractivity contribution in [1.82, 2.24) is 19.7 Å². The molecule has 5 heteroatoms. The third kappa shape index (κ3) is 0.990. The molecule has 2 aromatic rings. The fraction of sp³-hybridized carbons (Fsp3) is 0.286. The maximum Gasteiger partial charge on any atom is 0.276 e. The van der Waals surface area contributed by atoms with Gasteiger partial charge < -0.3 is 9.09 Å². The van der Waals surface area contributed by atoms with Crippen molar-refractivity contribution in [3.63, 3.8) is 0 Å². The molecule has 0 unspecified atom stereocenters. The lowest BCUT2D eigenvalue weighted by molar-refractivity contribution is 0.423. The van der Waals surface area contributed by atoms with E-state index in [-0.39, 0.29) is 0 Å². The molecule has 12 heavy (non-hydrogen) atoms. The molecule has 0 spiro atoms. The Morgan fingerprint density at radius 3 is 2.83 bits per heavy atom. The normalized spacial score (nSPS) is 10.5. The zero-order valence-corrected chi connectivity index (χ0v) is 6.85. The summed E-state index contributed by atoms with van der Waals surface area (Å²) in [6.07, 6.45) is 3.38. The Bertz CT molecular complexity index is 390. The van der Waals surface area contributed by atoms with Gasteiger partial charge in [0.05, 0.1) is 12.5 Å². The van der Waals surface area contributed by atoms with Gasteiger partial charge in [0.15, 0.2) is 5.82 Å². The van der Waals surface area contributed by atoms with Crippen molar-refractivity contribution < 1.29 is 4.52 Å². The first-order valence-corrected chi connectivity index (χ1v) is 3.54. The third-order valence-electron chi connectivity index (χ3n) is 1.56. The second kappa shape index (κ2) is 2.44. The number of hydrogen-bond donors (Lipinski definition) is 0. The van der Waals surface area contributed by atoms with Crippen LogP contribution >= 0.6 is 0 Å². The van der Waals surface area contributed by atoms with Gasteiger partial charge in [-0.15, -0.1) is 0 Å². The highest BCUT2D eigenvalue weighted by atomic mass is 16.5. The molecule has 0 aliphatic rings. The summed E-state index contributed by atoms with van der Waals surface area (Å²) >= 11 is 0. The molecule has 0 aromatic carbocycles. The minimum atomic E-state index is 0.507. The van der Waals surface area contributed by atoms with Gasteiger partial charge in [0, 0.05) is 7.05 Å². The van der Waals surface area contributed by atoms with E-state index in [2.05, 4.69) is 15.1 Å². The van der Waals surface area contributed by atoms with Crippen molar-refractivity contribution in [2.45, 2.75) is 6.92 Å². The van der Waals surface area contributed by atoms with Gasteiger partial charge in [-0.05, 0) is 6.92 Å². The number of rotatable bonds is 1. The van der Waals surface area contributed by atoms with Crippen molar-refractivity contribution in [2.75, 3.05) is 0 Å². The molecule has 0 atom stereocenters. The van der Waals surface area contributed by atoms with E-state index in [9.17, 15) is 0 Å². The second-order valence-corrected chi connectivity index (χ2v) is 2.54. The first kappa shape index (κ1) is 7.02. The molecule has 0 bridgehead atoms. The van der Waals surface area contributed by atoms with E-state index in [1.165, 1.54) is 0 Å². The fourth-order valence-corrected chi connectivity index (χ4v) is 0.964. The highest BCUT2D eigenvalue weighted by molar-refractivity contribution is 5.45. The molecule has 0 radical (unpaired) electrons. The molecule has 0 fully saturated rings. The Kier molecular flexibility index (Phi) is 1.43. The zero-order chi connectivity index (χ0) is 8.55. The first-order valence-electron chi connectivity index (χ1n) is 3.54. The molecule has 2 aromatic heterocycles. The molecule has 0 aliphatic carbocycles. The van der Waals surface area contributed by atoms with Crippen molar-refractivity contribution in [3.05, 3.63) is 18.3 Å². The molecule has 0 aliphatic heterocycles. The zero-order valence-electron chi connectivity index (χ0n) is 6.85. The van der Waals surface area contributed by atoms with E-state index >= 15 is 0 Å². The van der Waals surface area contributed by atoms with Crippen molar-refractivity contribution in [3.8, 4) is 11.6 Å². The largest absolute Gasteiger partial charge is 0.332 e. The summed E-state index contributed by atoms with van der Waals surface area (Å²) in [5.74, 6) is 1.14. The summed E-state index contributed by atoms with van der Waals surface area (Å²) in [6.45, 7) is 1.78. The summed E-state index contributed by atoms with van der Waals surface area (Å²) < 4.78 is 6.79. The van der Waals surface area contributed by atoms with Crippen LogP contribution in [0.5, 0.6) is 0 Å². The molecular weight excluding hydrogens is 156 g/mol. The molecule has 0 N–H and O–H groups in total. The van der Waals surface area contributed by atoms with E-state index in [4.69, 9.17) is 4.52 Å². The van der Waals surface area contributed by atoms with Crippen LogP contribution in [-0.2, 0) is 7.05 Å². The Balaban J connectivity index is 2.50. The number of nitrogens with zero attached hydrogens (tertiary/aromatic N) is 4. The summed E-state index contributed by atoms with van der Waals surface area (Å²) in [6, 6.07) is 0. The summed E-state index contributed by atoms with van der Waals surface area (Å²) in [7, 11) is 1.88. The predicted octanol–water partition coefficient (Wildman–Crippen LogP) is 0.779. The Hall–Kier alpha value is -1.65. The molecule has 62 valence electrons. The van der Waals surface area contributed by atoms with E-state index in [0.717, 1.165) is 5.69 Å². The topological polar surface area (TPSA) is 56.7 Å². The van der Waals surface area contributed by atoms with Gasteiger partial charge in [-0.25, -0.2) is 4.98 Å². The van der Waals surface area contributed by atoms with E-state index in [1.807, 2.05) is 11.6 Å². The summed E-state index contributed by atoms with van der Waals surface area (Å²) in [4.78, 5) is 8.02. The maximum absolute atomic E-state index is 4.97. The number of hydrogen-bond acceptors (Lipinski definition) is 4. The summed E-state index contributed by atoms with van der Waals surface area (Å²) in [5, 5.41) is 3.69. The van der Waals surface area contributed by atoms with Crippen molar-refractivity contribution >= 4 is 0 Å². The fourth-order valence-electron chi connectivity index (χ4n) is 0.964. The minimum Gasteiger partial charge on any atom is -0.332 e. The van der Waals surface area contributed by atoms with Crippen LogP contribution in [0.2, 0.25) is 0 Å². The highest BCUT2D eigenvalue weighted by Gasteiger charge is 2.08. The average molecular weight is 164 g/mol. The van der Waals surface area contributed by atoms with E-state index in [0.29, 0.717) is 11.7 Å². The van der Waals surface area contributed by atoms with E-state index in [1.54, 1.807) is 19.4 Å². The van der Waals surface area contributed by atoms with E-state index < -0.39 is 0 Å². The minimum absolute atomic E-state index is 0.507. The van der Waals surface area contributed by atoms with Crippen LogP contribution in [0.1, 0.15) is 5.82 Å². The number of aryl methyl sites for hydroxylation is 2. The van der Waals surface area contributed by atoms with Crippen LogP contribution in [0.25, 0.3) is 11.6 Å². The number of imidazole rings is 1. The molecule has 2 rings (SSSR count). The van der Waals surface area contributed by atoms with Crippen LogP contribution < -0.4 is 0 Å². The molecule has 2 heterocycles. The van der Waals surface area contributed by atoms with Crippen LogP contribution in [0, 0.1) is 6.92 Å². The average Bonchev–Trinajstić information content (AvgIpc) is 2.58. The third-order valence-corrected chi connectivity index (χ3v) is 1.56. The highest BCUT2D eigenvalue weighted by Crippen LogP contribution is 2.14. The smallest absolute Gasteiger partial charge is 0.276 e. The van der Waals surface area contributed by atoms with Gasteiger partial charge in [-0.2, -0.15) is 4.98 Å². The molecule has 0 amide bonds. The quantitative estimate of drug-likeness (QED) is 0.624.